The molecule has 1 aromatic carbocycles. The topological polar surface area (TPSA) is 57.8 Å². The van der Waals surface area contributed by atoms with Gasteiger partial charge >= 0.3 is 0 Å². The number of carbonyl (C=O) groups excluding carboxylic acids is 1. The zero-order chi connectivity index (χ0) is 14.9. The number of aromatic amines is 1. The first-order chi connectivity index (χ1) is 10.8. The number of fused-ring (bicyclic) bond motifs is 1. The molecule has 1 amide bonds. The number of hydrogen-bond donors (Lipinski definition) is 2. The third-order valence-electron chi connectivity index (χ3n) is 5.36. The van der Waals surface area contributed by atoms with Gasteiger partial charge in [0.2, 0.25) is 0 Å². The molecule has 4 rings (SSSR count). The Labute approximate surface area is 130 Å². The van der Waals surface area contributed by atoms with Gasteiger partial charge in [-0.2, -0.15) is 5.10 Å². The SMILES string of the molecule is O=C(NC1CCC2CCCC21)c1ccc(-c2ccn[nH]2)cc1. The van der Waals surface area contributed by atoms with Gasteiger partial charge in [0.05, 0.1) is 5.69 Å². The molecule has 2 saturated carbocycles. The molecule has 1 aromatic heterocycles. The Morgan fingerprint density at radius 1 is 1.09 bits per heavy atom. The lowest BCUT2D eigenvalue weighted by Gasteiger charge is -2.20. The molecule has 0 bridgehead atoms. The van der Waals surface area contributed by atoms with Crippen molar-refractivity contribution in [1.29, 1.82) is 0 Å². The van der Waals surface area contributed by atoms with Gasteiger partial charge in [-0.15, -0.1) is 0 Å². The van der Waals surface area contributed by atoms with Crippen LogP contribution < -0.4 is 5.32 Å². The number of aromatic nitrogens is 2. The van der Waals surface area contributed by atoms with Crippen molar-refractivity contribution < 1.29 is 4.79 Å². The van der Waals surface area contributed by atoms with E-state index in [-0.39, 0.29) is 5.91 Å². The van der Waals surface area contributed by atoms with Crippen LogP contribution >= 0.6 is 0 Å². The van der Waals surface area contributed by atoms with Gasteiger partial charge in [0.25, 0.3) is 5.91 Å². The molecule has 0 saturated heterocycles. The highest BCUT2D eigenvalue weighted by atomic mass is 16.1. The van der Waals surface area contributed by atoms with Crippen LogP contribution in [0.4, 0.5) is 0 Å². The largest absolute Gasteiger partial charge is 0.349 e. The quantitative estimate of drug-likeness (QED) is 0.912. The Kier molecular flexibility index (Phi) is 3.45. The summed E-state index contributed by atoms with van der Waals surface area (Å²) in [5.74, 6) is 1.63. The summed E-state index contributed by atoms with van der Waals surface area (Å²) in [6, 6.07) is 10.0. The Bertz CT molecular complexity index is 647. The van der Waals surface area contributed by atoms with E-state index >= 15 is 0 Å². The molecule has 4 nitrogen and oxygen atoms in total. The number of benzene rings is 1. The van der Waals surface area contributed by atoms with E-state index in [0.29, 0.717) is 12.0 Å². The number of nitrogens with one attached hydrogen (secondary N) is 2. The van der Waals surface area contributed by atoms with Crippen LogP contribution in [-0.4, -0.2) is 22.1 Å². The molecule has 22 heavy (non-hydrogen) atoms. The van der Waals surface area contributed by atoms with Gasteiger partial charge in [-0.25, -0.2) is 0 Å². The summed E-state index contributed by atoms with van der Waals surface area (Å²) in [7, 11) is 0. The Morgan fingerprint density at radius 3 is 2.73 bits per heavy atom. The lowest BCUT2D eigenvalue weighted by Crippen LogP contribution is -2.37. The van der Waals surface area contributed by atoms with Gasteiger partial charge in [-0.1, -0.05) is 25.0 Å². The number of amides is 1. The lowest BCUT2D eigenvalue weighted by molar-refractivity contribution is 0.0926. The first-order valence-corrected chi connectivity index (χ1v) is 8.22. The van der Waals surface area contributed by atoms with E-state index in [0.717, 1.165) is 29.2 Å². The van der Waals surface area contributed by atoms with E-state index in [1.807, 2.05) is 30.3 Å². The molecule has 0 spiro atoms. The summed E-state index contributed by atoms with van der Waals surface area (Å²) in [4.78, 5) is 12.5. The van der Waals surface area contributed by atoms with Crippen LogP contribution in [-0.2, 0) is 0 Å². The van der Waals surface area contributed by atoms with Gasteiger partial charge in [0, 0.05) is 17.8 Å². The number of hydrogen-bond acceptors (Lipinski definition) is 2. The smallest absolute Gasteiger partial charge is 0.251 e. The van der Waals surface area contributed by atoms with Crippen LogP contribution in [0.5, 0.6) is 0 Å². The summed E-state index contributed by atoms with van der Waals surface area (Å²) in [5, 5.41) is 10.1. The molecule has 0 radical (unpaired) electrons. The van der Waals surface area contributed by atoms with Gasteiger partial charge < -0.3 is 5.32 Å². The van der Waals surface area contributed by atoms with Crippen LogP contribution in [0.1, 0.15) is 42.5 Å². The van der Waals surface area contributed by atoms with Crippen molar-refractivity contribution in [1.82, 2.24) is 15.5 Å². The number of carbonyl (C=O) groups is 1. The summed E-state index contributed by atoms with van der Waals surface area (Å²) in [5.41, 5.74) is 2.76. The maximum atomic E-state index is 12.5. The summed E-state index contributed by atoms with van der Waals surface area (Å²) < 4.78 is 0. The first-order valence-electron chi connectivity index (χ1n) is 8.22. The summed E-state index contributed by atoms with van der Waals surface area (Å²) in [6.45, 7) is 0. The zero-order valence-corrected chi connectivity index (χ0v) is 12.6. The molecule has 2 aromatic rings. The van der Waals surface area contributed by atoms with Crippen LogP contribution in [0.25, 0.3) is 11.3 Å². The second kappa shape index (κ2) is 5.59. The zero-order valence-electron chi connectivity index (χ0n) is 12.6. The van der Waals surface area contributed by atoms with Crippen molar-refractivity contribution in [2.45, 2.75) is 38.1 Å². The minimum Gasteiger partial charge on any atom is -0.349 e. The van der Waals surface area contributed by atoms with E-state index in [1.165, 1.54) is 25.7 Å². The molecule has 114 valence electrons. The fourth-order valence-electron chi connectivity index (χ4n) is 4.21. The van der Waals surface area contributed by atoms with Gasteiger partial charge in [0.15, 0.2) is 0 Å². The first kappa shape index (κ1) is 13.6. The molecule has 2 aliphatic carbocycles. The van der Waals surface area contributed by atoms with Crippen LogP contribution in [0.15, 0.2) is 36.5 Å². The fourth-order valence-corrected chi connectivity index (χ4v) is 4.21. The van der Waals surface area contributed by atoms with E-state index in [2.05, 4.69) is 15.5 Å². The predicted octanol–water partition coefficient (Wildman–Crippen LogP) is 3.39. The molecule has 3 unspecified atom stereocenters. The minimum absolute atomic E-state index is 0.0636. The average Bonchev–Trinajstić information content (AvgIpc) is 3.27. The molecule has 4 heteroatoms. The van der Waals surface area contributed by atoms with Crippen LogP contribution in [0, 0.1) is 11.8 Å². The Hall–Kier alpha value is -2.10. The molecule has 2 N–H and O–H groups in total. The number of nitrogens with zero attached hydrogens (tertiary/aromatic N) is 1. The predicted molar refractivity (Wildman–Crippen MR) is 85.3 cm³/mol. The highest BCUT2D eigenvalue weighted by Gasteiger charge is 2.39. The molecule has 2 fully saturated rings. The normalized spacial score (nSPS) is 26.8. The third-order valence-corrected chi connectivity index (χ3v) is 5.36. The molecular weight excluding hydrogens is 274 g/mol. The Morgan fingerprint density at radius 2 is 1.95 bits per heavy atom. The van der Waals surface area contributed by atoms with Crippen molar-refractivity contribution in [2.75, 3.05) is 0 Å². The van der Waals surface area contributed by atoms with Crippen LogP contribution in [0.3, 0.4) is 0 Å². The maximum Gasteiger partial charge on any atom is 0.251 e. The highest BCUT2D eigenvalue weighted by molar-refractivity contribution is 5.94. The fraction of sp³-hybridized carbons (Fsp3) is 0.444. The highest BCUT2D eigenvalue weighted by Crippen LogP contribution is 2.44. The van der Waals surface area contributed by atoms with Crippen molar-refractivity contribution in [3.05, 3.63) is 42.1 Å². The van der Waals surface area contributed by atoms with E-state index in [9.17, 15) is 4.79 Å². The number of rotatable bonds is 3. The third kappa shape index (κ3) is 2.43. The van der Waals surface area contributed by atoms with E-state index < -0.39 is 0 Å². The van der Waals surface area contributed by atoms with Gasteiger partial charge in [0.1, 0.15) is 0 Å². The van der Waals surface area contributed by atoms with Gasteiger partial charge in [-0.05, 0) is 54.9 Å². The average molecular weight is 295 g/mol. The summed E-state index contributed by atoms with van der Waals surface area (Å²) >= 11 is 0. The van der Waals surface area contributed by atoms with Crippen molar-refractivity contribution in [3.8, 4) is 11.3 Å². The monoisotopic (exact) mass is 295 g/mol. The molecule has 0 aliphatic heterocycles. The molecular formula is C18H21N3O. The second-order valence-corrected chi connectivity index (χ2v) is 6.56. The Balaban J connectivity index is 1.44. The van der Waals surface area contributed by atoms with E-state index in [1.54, 1.807) is 6.20 Å². The lowest BCUT2D eigenvalue weighted by atomic mass is 9.97. The standard InChI is InChI=1S/C18H21N3O/c22-18(20-17-9-8-12-2-1-3-15(12)17)14-6-4-13(5-7-14)16-10-11-19-21-16/h4-7,10-12,15,17H,1-3,8-9H2,(H,19,21)(H,20,22). The van der Waals surface area contributed by atoms with Crippen LogP contribution in [0.2, 0.25) is 0 Å². The van der Waals surface area contributed by atoms with E-state index in [4.69, 9.17) is 0 Å². The number of H-pyrrole nitrogens is 1. The summed E-state index contributed by atoms with van der Waals surface area (Å²) in [6.07, 6.45) is 8.14. The molecule has 2 aliphatic rings. The second-order valence-electron chi connectivity index (χ2n) is 6.56. The maximum absolute atomic E-state index is 12.5. The van der Waals surface area contributed by atoms with Crippen molar-refractivity contribution in [3.63, 3.8) is 0 Å². The molecule has 1 heterocycles. The van der Waals surface area contributed by atoms with Crippen molar-refractivity contribution >= 4 is 5.91 Å². The van der Waals surface area contributed by atoms with Crippen molar-refractivity contribution in [2.24, 2.45) is 11.8 Å². The van der Waals surface area contributed by atoms with Gasteiger partial charge in [-0.3, -0.25) is 9.89 Å². The minimum atomic E-state index is 0.0636. The molecule has 3 atom stereocenters.